The first-order valence-corrected chi connectivity index (χ1v) is 10.4. The van der Waals surface area contributed by atoms with Gasteiger partial charge in [0.2, 0.25) is 5.95 Å². The molecule has 2 aromatic heterocycles. The second-order valence-corrected chi connectivity index (χ2v) is 7.52. The molecule has 0 saturated heterocycles. The van der Waals surface area contributed by atoms with Gasteiger partial charge in [0.05, 0.1) is 5.69 Å². The molecule has 6 nitrogen and oxygen atoms in total. The maximum absolute atomic E-state index is 5.93. The third kappa shape index (κ3) is 6.56. The number of anilines is 2. The van der Waals surface area contributed by atoms with Crippen LogP contribution in [0.1, 0.15) is 24.6 Å². The zero-order chi connectivity index (χ0) is 21.2. The molecule has 0 saturated carbocycles. The number of nitrogen functional groups attached to an aromatic ring is 1. The molecule has 0 atom stereocenters. The van der Waals surface area contributed by atoms with E-state index in [0.717, 1.165) is 34.0 Å². The average molecular weight is 417 g/mol. The lowest BCUT2D eigenvalue weighted by molar-refractivity contribution is 1.13. The van der Waals surface area contributed by atoms with Gasteiger partial charge in [-0.05, 0) is 54.8 Å². The Morgan fingerprint density at radius 2 is 2.10 bits per heavy atom. The molecule has 0 fully saturated rings. The van der Waals surface area contributed by atoms with Gasteiger partial charge in [0.15, 0.2) is 0 Å². The number of rotatable bonds is 8. The summed E-state index contributed by atoms with van der Waals surface area (Å²) in [4.78, 5) is 17.9. The van der Waals surface area contributed by atoms with Crippen LogP contribution in [0, 0.1) is 0 Å². The van der Waals surface area contributed by atoms with Gasteiger partial charge in [0, 0.05) is 47.2 Å². The van der Waals surface area contributed by atoms with E-state index >= 15 is 0 Å². The minimum atomic E-state index is 0.226. The van der Waals surface area contributed by atoms with E-state index in [1.54, 1.807) is 36.6 Å². The van der Waals surface area contributed by atoms with Crippen LogP contribution in [0.4, 0.5) is 11.8 Å². The first-order chi connectivity index (χ1) is 14.6. The SMILES string of the molecule is C=C/C(=C\C=C(/C)Nc1cc(C2=CC=NC=CC2)nc(N)n1)SCc1ccncc1. The second-order valence-electron chi connectivity index (χ2n) is 6.47. The standard InChI is InChI=1S/C23H24N6S/c1-3-20(30-16-18-8-12-26-13-9-18)7-6-17(2)27-22-15-21(28-23(24)29-22)19-5-4-11-25-14-10-19/h3-4,6-15H,1,5,16H2,2H3,(H3,24,27,28,29)/b17-6+,20-7+. The molecule has 3 heterocycles. The van der Waals surface area contributed by atoms with Crippen molar-refractivity contribution >= 4 is 35.3 Å². The number of aliphatic imine (C=N–C) groups is 1. The van der Waals surface area contributed by atoms with Gasteiger partial charge in [-0.2, -0.15) is 4.98 Å². The maximum atomic E-state index is 5.93. The third-order valence-corrected chi connectivity index (χ3v) is 5.26. The Hall–Kier alpha value is -3.45. The van der Waals surface area contributed by atoms with Crippen molar-refractivity contribution in [2.75, 3.05) is 11.1 Å². The van der Waals surface area contributed by atoms with Crippen LogP contribution in [0.15, 0.2) is 89.3 Å². The Morgan fingerprint density at radius 1 is 1.27 bits per heavy atom. The average Bonchev–Trinajstić information content (AvgIpc) is 3.04. The normalized spacial score (nSPS) is 14.2. The number of nitrogens with zero attached hydrogens (tertiary/aromatic N) is 4. The minimum absolute atomic E-state index is 0.226. The molecule has 7 heteroatoms. The number of thioether (sulfide) groups is 1. The van der Waals surface area contributed by atoms with Gasteiger partial charge in [0.1, 0.15) is 5.82 Å². The van der Waals surface area contributed by atoms with E-state index in [0.29, 0.717) is 5.82 Å². The van der Waals surface area contributed by atoms with Gasteiger partial charge in [-0.3, -0.25) is 9.98 Å². The van der Waals surface area contributed by atoms with E-state index in [4.69, 9.17) is 5.73 Å². The highest BCUT2D eigenvalue weighted by Crippen LogP contribution is 2.23. The lowest BCUT2D eigenvalue weighted by Gasteiger charge is -2.10. The van der Waals surface area contributed by atoms with Gasteiger partial charge >= 0.3 is 0 Å². The number of hydrogen-bond donors (Lipinski definition) is 2. The molecule has 0 aromatic carbocycles. The number of allylic oxidation sites excluding steroid dienone is 7. The fourth-order valence-electron chi connectivity index (χ4n) is 2.65. The van der Waals surface area contributed by atoms with Crippen molar-refractivity contribution in [3.05, 3.63) is 95.6 Å². The maximum Gasteiger partial charge on any atom is 0.222 e. The molecule has 1 aliphatic rings. The van der Waals surface area contributed by atoms with E-state index in [9.17, 15) is 0 Å². The van der Waals surface area contributed by atoms with Gasteiger partial charge in [-0.15, -0.1) is 11.8 Å². The molecule has 0 aliphatic carbocycles. The molecule has 0 spiro atoms. The molecule has 0 unspecified atom stereocenters. The fraction of sp³-hybridized carbons (Fsp3) is 0.130. The smallest absolute Gasteiger partial charge is 0.222 e. The van der Waals surface area contributed by atoms with Crippen molar-refractivity contribution in [1.82, 2.24) is 15.0 Å². The molecular formula is C23H24N6S. The van der Waals surface area contributed by atoms with Crippen LogP contribution in [0.2, 0.25) is 0 Å². The third-order valence-electron chi connectivity index (χ3n) is 4.14. The predicted molar refractivity (Wildman–Crippen MR) is 128 cm³/mol. The van der Waals surface area contributed by atoms with Crippen LogP contribution >= 0.6 is 11.8 Å². The van der Waals surface area contributed by atoms with Crippen molar-refractivity contribution in [2.45, 2.75) is 19.1 Å². The topological polar surface area (TPSA) is 89.1 Å². The van der Waals surface area contributed by atoms with E-state index in [-0.39, 0.29) is 5.95 Å². The largest absolute Gasteiger partial charge is 0.368 e. The lowest BCUT2D eigenvalue weighted by Crippen LogP contribution is -2.05. The fourth-order valence-corrected chi connectivity index (χ4v) is 3.46. The van der Waals surface area contributed by atoms with Crippen LogP contribution in [-0.4, -0.2) is 21.2 Å². The zero-order valence-electron chi connectivity index (χ0n) is 16.8. The summed E-state index contributed by atoms with van der Waals surface area (Å²) in [6.07, 6.45) is 17.7. The Balaban J connectivity index is 1.68. The second kappa shape index (κ2) is 10.9. The minimum Gasteiger partial charge on any atom is -0.368 e. The number of nitrogens with one attached hydrogen (secondary N) is 1. The zero-order valence-corrected chi connectivity index (χ0v) is 17.6. The summed E-state index contributed by atoms with van der Waals surface area (Å²) in [6.45, 7) is 5.88. The monoisotopic (exact) mass is 416 g/mol. The van der Waals surface area contributed by atoms with E-state index in [2.05, 4.69) is 31.8 Å². The van der Waals surface area contributed by atoms with Crippen LogP contribution in [0.25, 0.3) is 5.57 Å². The van der Waals surface area contributed by atoms with Crippen molar-refractivity contribution < 1.29 is 0 Å². The van der Waals surface area contributed by atoms with Crippen LogP contribution in [-0.2, 0) is 5.75 Å². The summed E-state index contributed by atoms with van der Waals surface area (Å²) < 4.78 is 0. The highest BCUT2D eigenvalue weighted by Gasteiger charge is 2.07. The van der Waals surface area contributed by atoms with Crippen LogP contribution < -0.4 is 11.1 Å². The van der Waals surface area contributed by atoms with E-state index in [1.807, 2.05) is 55.5 Å². The first kappa shape index (κ1) is 21.3. The Morgan fingerprint density at radius 3 is 2.90 bits per heavy atom. The highest BCUT2D eigenvalue weighted by molar-refractivity contribution is 8.02. The summed E-state index contributed by atoms with van der Waals surface area (Å²) in [5, 5.41) is 3.29. The van der Waals surface area contributed by atoms with E-state index < -0.39 is 0 Å². The number of nitrogens with two attached hydrogens (primary N) is 1. The Bertz CT molecular complexity index is 1030. The van der Waals surface area contributed by atoms with Crippen molar-refractivity contribution in [2.24, 2.45) is 4.99 Å². The van der Waals surface area contributed by atoms with Crippen molar-refractivity contribution in [1.29, 1.82) is 0 Å². The van der Waals surface area contributed by atoms with Gasteiger partial charge < -0.3 is 11.1 Å². The van der Waals surface area contributed by atoms with Gasteiger partial charge in [-0.1, -0.05) is 18.7 Å². The first-order valence-electron chi connectivity index (χ1n) is 9.46. The summed E-state index contributed by atoms with van der Waals surface area (Å²) in [6, 6.07) is 5.92. The molecule has 152 valence electrons. The summed E-state index contributed by atoms with van der Waals surface area (Å²) in [5.74, 6) is 1.73. The number of hydrogen-bond acceptors (Lipinski definition) is 7. The predicted octanol–water partition coefficient (Wildman–Crippen LogP) is 5.14. The summed E-state index contributed by atoms with van der Waals surface area (Å²) in [5.41, 5.74) is 9.89. The molecule has 1 aliphatic heterocycles. The molecule has 3 rings (SSSR count). The molecule has 0 amide bonds. The van der Waals surface area contributed by atoms with Crippen LogP contribution in [0.3, 0.4) is 0 Å². The van der Waals surface area contributed by atoms with Crippen LogP contribution in [0.5, 0.6) is 0 Å². The molecule has 0 radical (unpaired) electrons. The number of pyridine rings is 1. The molecule has 30 heavy (non-hydrogen) atoms. The molecule has 0 bridgehead atoms. The van der Waals surface area contributed by atoms with E-state index in [1.165, 1.54) is 5.56 Å². The van der Waals surface area contributed by atoms with Crippen molar-refractivity contribution in [3.63, 3.8) is 0 Å². The number of aromatic nitrogens is 3. The van der Waals surface area contributed by atoms with Gasteiger partial charge in [-0.25, -0.2) is 4.98 Å². The Labute approximate surface area is 181 Å². The Kier molecular flexibility index (Phi) is 7.74. The molecule has 2 aromatic rings. The van der Waals surface area contributed by atoms with Gasteiger partial charge in [0.25, 0.3) is 0 Å². The molecule has 3 N–H and O–H groups in total. The van der Waals surface area contributed by atoms with Crippen molar-refractivity contribution in [3.8, 4) is 0 Å². The highest BCUT2D eigenvalue weighted by atomic mass is 32.2. The summed E-state index contributed by atoms with van der Waals surface area (Å²) in [7, 11) is 0. The lowest BCUT2D eigenvalue weighted by atomic mass is 10.1. The quantitative estimate of drug-likeness (QED) is 0.579. The molecular weight excluding hydrogens is 392 g/mol. The summed E-state index contributed by atoms with van der Waals surface area (Å²) >= 11 is 1.72.